The molecular formula is C21H26ClN3O. The van der Waals surface area contributed by atoms with Crippen LogP contribution in [0.15, 0.2) is 48.5 Å². The van der Waals surface area contributed by atoms with Gasteiger partial charge in [-0.3, -0.25) is 9.69 Å². The van der Waals surface area contributed by atoms with Crippen molar-refractivity contribution < 1.29 is 4.79 Å². The summed E-state index contributed by atoms with van der Waals surface area (Å²) in [5.74, 6) is -0.0926. The first-order valence-electron chi connectivity index (χ1n) is 9.10. The zero-order valence-electron chi connectivity index (χ0n) is 15.1. The number of likely N-dealkylation sites (tertiary alicyclic amines) is 1. The first-order chi connectivity index (χ1) is 12.5. The molecule has 3 rings (SSSR count). The van der Waals surface area contributed by atoms with Crippen LogP contribution in [0.2, 0.25) is 5.02 Å². The van der Waals surface area contributed by atoms with Crippen molar-refractivity contribution in [2.24, 2.45) is 5.73 Å². The van der Waals surface area contributed by atoms with E-state index in [2.05, 4.69) is 22.3 Å². The summed E-state index contributed by atoms with van der Waals surface area (Å²) in [6.07, 6.45) is 1.89. The first kappa shape index (κ1) is 18.9. The molecule has 0 saturated carbocycles. The highest BCUT2D eigenvalue weighted by Crippen LogP contribution is 2.17. The van der Waals surface area contributed by atoms with E-state index in [9.17, 15) is 4.79 Å². The molecule has 0 spiro atoms. The minimum Gasteiger partial charge on any atom is -0.352 e. The second-order valence-corrected chi connectivity index (χ2v) is 7.51. The molecule has 0 radical (unpaired) electrons. The van der Waals surface area contributed by atoms with Crippen LogP contribution in [0.1, 0.15) is 35.6 Å². The van der Waals surface area contributed by atoms with Gasteiger partial charge in [0.2, 0.25) is 5.91 Å². The highest BCUT2D eigenvalue weighted by molar-refractivity contribution is 6.30. The van der Waals surface area contributed by atoms with Crippen molar-refractivity contribution in [2.45, 2.75) is 38.4 Å². The highest BCUT2D eigenvalue weighted by Gasteiger charge is 2.23. The maximum atomic E-state index is 12.4. The van der Waals surface area contributed by atoms with Crippen molar-refractivity contribution in [3.8, 4) is 0 Å². The number of nitrogens with two attached hydrogens (primary N) is 1. The van der Waals surface area contributed by atoms with Crippen LogP contribution in [0.5, 0.6) is 0 Å². The Morgan fingerprint density at radius 1 is 1.15 bits per heavy atom. The summed E-state index contributed by atoms with van der Waals surface area (Å²) in [4.78, 5) is 14.8. The van der Waals surface area contributed by atoms with E-state index in [0.29, 0.717) is 0 Å². The number of halogens is 1. The van der Waals surface area contributed by atoms with Crippen molar-refractivity contribution in [3.63, 3.8) is 0 Å². The SMILES string of the molecule is Cc1ccc(C(N)C(=O)NC2CCN(Cc3ccc(Cl)cc3)CC2)cc1. The Kier molecular flexibility index (Phi) is 6.30. The molecule has 3 N–H and O–H groups in total. The van der Waals surface area contributed by atoms with E-state index >= 15 is 0 Å². The fraction of sp³-hybridized carbons (Fsp3) is 0.381. The molecule has 4 nitrogen and oxygen atoms in total. The van der Waals surface area contributed by atoms with Gasteiger partial charge in [-0.05, 0) is 43.0 Å². The number of aryl methyl sites for hydroxylation is 1. The molecule has 1 amide bonds. The van der Waals surface area contributed by atoms with Gasteiger partial charge in [0, 0.05) is 30.7 Å². The molecule has 1 aliphatic heterocycles. The van der Waals surface area contributed by atoms with E-state index in [0.717, 1.165) is 48.6 Å². The third-order valence-electron chi connectivity index (χ3n) is 4.97. The zero-order valence-corrected chi connectivity index (χ0v) is 15.9. The molecule has 0 aliphatic carbocycles. The van der Waals surface area contributed by atoms with E-state index in [1.807, 2.05) is 43.3 Å². The number of piperidine rings is 1. The van der Waals surface area contributed by atoms with Crippen molar-refractivity contribution >= 4 is 17.5 Å². The standard InChI is InChI=1S/C21H26ClN3O/c1-15-2-6-17(7-3-15)20(23)21(26)24-19-10-12-25(13-11-19)14-16-4-8-18(22)9-5-16/h2-9,19-20H,10-14,23H2,1H3,(H,24,26). The third kappa shape index (κ3) is 5.07. The average Bonchev–Trinajstić information content (AvgIpc) is 2.65. The molecule has 1 heterocycles. The van der Waals surface area contributed by atoms with E-state index < -0.39 is 6.04 Å². The van der Waals surface area contributed by atoms with Gasteiger partial charge in [-0.1, -0.05) is 53.6 Å². The average molecular weight is 372 g/mol. The van der Waals surface area contributed by atoms with Gasteiger partial charge in [0.05, 0.1) is 0 Å². The summed E-state index contributed by atoms with van der Waals surface area (Å²) in [7, 11) is 0. The van der Waals surface area contributed by atoms with Crippen LogP contribution in [0.3, 0.4) is 0 Å². The Morgan fingerprint density at radius 2 is 1.77 bits per heavy atom. The number of hydrogen-bond acceptors (Lipinski definition) is 3. The second kappa shape index (κ2) is 8.67. The fourth-order valence-electron chi connectivity index (χ4n) is 3.30. The molecule has 5 heteroatoms. The molecule has 1 saturated heterocycles. The lowest BCUT2D eigenvalue weighted by Crippen LogP contribution is -2.46. The zero-order chi connectivity index (χ0) is 18.5. The smallest absolute Gasteiger partial charge is 0.241 e. The van der Waals surface area contributed by atoms with Crippen LogP contribution in [-0.4, -0.2) is 29.9 Å². The van der Waals surface area contributed by atoms with Crippen molar-refractivity contribution in [1.82, 2.24) is 10.2 Å². The predicted octanol–water partition coefficient (Wildman–Crippen LogP) is 3.43. The molecule has 1 atom stereocenters. The Labute approximate surface area is 160 Å². The van der Waals surface area contributed by atoms with Crippen LogP contribution >= 0.6 is 11.6 Å². The van der Waals surface area contributed by atoms with Crippen LogP contribution in [0, 0.1) is 6.92 Å². The molecule has 1 fully saturated rings. The number of rotatable bonds is 5. The third-order valence-corrected chi connectivity index (χ3v) is 5.22. The molecule has 1 unspecified atom stereocenters. The normalized spacial score (nSPS) is 17.0. The van der Waals surface area contributed by atoms with Crippen molar-refractivity contribution in [1.29, 1.82) is 0 Å². The van der Waals surface area contributed by atoms with E-state index in [-0.39, 0.29) is 11.9 Å². The molecule has 138 valence electrons. The van der Waals surface area contributed by atoms with Crippen LogP contribution < -0.4 is 11.1 Å². The maximum Gasteiger partial charge on any atom is 0.241 e. The van der Waals surface area contributed by atoms with Gasteiger partial charge in [0.15, 0.2) is 0 Å². The summed E-state index contributed by atoms with van der Waals surface area (Å²) in [5.41, 5.74) is 9.39. The summed E-state index contributed by atoms with van der Waals surface area (Å²) < 4.78 is 0. The summed E-state index contributed by atoms with van der Waals surface area (Å²) in [6.45, 7) is 4.87. The topological polar surface area (TPSA) is 58.4 Å². The summed E-state index contributed by atoms with van der Waals surface area (Å²) in [6, 6.07) is 15.4. The molecule has 0 aromatic heterocycles. The fourth-order valence-corrected chi connectivity index (χ4v) is 3.43. The number of carbonyl (C=O) groups excluding carboxylic acids is 1. The van der Waals surface area contributed by atoms with Gasteiger partial charge in [-0.25, -0.2) is 0 Å². The minimum absolute atomic E-state index is 0.0926. The van der Waals surface area contributed by atoms with Crippen molar-refractivity contribution in [3.05, 3.63) is 70.2 Å². The lowest BCUT2D eigenvalue weighted by molar-refractivity contribution is -0.123. The Hall–Kier alpha value is -1.88. The van der Waals surface area contributed by atoms with Gasteiger partial charge in [-0.15, -0.1) is 0 Å². The molecule has 1 aliphatic rings. The molecule has 26 heavy (non-hydrogen) atoms. The molecule has 2 aromatic rings. The van der Waals surface area contributed by atoms with Gasteiger partial charge >= 0.3 is 0 Å². The summed E-state index contributed by atoms with van der Waals surface area (Å²) >= 11 is 5.94. The van der Waals surface area contributed by atoms with E-state index in [1.165, 1.54) is 5.56 Å². The number of carbonyl (C=O) groups is 1. The number of nitrogens with one attached hydrogen (secondary N) is 1. The van der Waals surface area contributed by atoms with Gasteiger partial charge in [-0.2, -0.15) is 0 Å². The minimum atomic E-state index is -0.609. The highest BCUT2D eigenvalue weighted by atomic mass is 35.5. The van der Waals surface area contributed by atoms with E-state index in [4.69, 9.17) is 17.3 Å². The Bertz CT molecular complexity index is 722. The van der Waals surface area contributed by atoms with Crippen molar-refractivity contribution in [2.75, 3.05) is 13.1 Å². The predicted molar refractivity (Wildman–Crippen MR) is 106 cm³/mol. The second-order valence-electron chi connectivity index (χ2n) is 7.07. The molecular weight excluding hydrogens is 346 g/mol. The maximum absolute atomic E-state index is 12.4. The number of benzene rings is 2. The number of amides is 1. The van der Waals surface area contributed by atoms with Crippen LogP contribution in [0.25, 0.3) is 0 Å². The van der Waals surface area contributed by atoms with Gasteiger partial charge < -0.3 is 11.1 Å². The first-order valence-corrected chi connectivity index (χ1v) is 9.48. The van der Waals surface area contributed by atoms with Crippen LogP contribution in [0.4, 0.5) is 0 Å². The van der Waals surface area contributed by atoms with E-state index in [1.54, 1.807) is 0 Å². The monoisotopic (exact) mass is 371 g/mol. The van der Waals surface area contributed by atoms with Gasteiger partial charge in [0.25, 0.3) is 0 Å². The Morgan fingerprint density at radius 3 is 2.38 bits per heavy atom. The lowest BCUT2D eigenvalue weighted by Gasteiger charge is -2.33. The summed E-state index contributed by atoms with van der Waals surface area (Å²) in [5, 5.41) is 3.88. The van der Waals surface area contributed by atoms with Gasteiger partial charge in [0.1, 0.15) is 6.04 Å². The lowest BCUT2D eigenvalue weighted by atomic mass is 10.0. The quantitative estimate of drug-likeness (QED) is 0.846. The number of hydrogen-bond donors (Lipinski definition) is 2. The van der Waals surface area contributed by atoms with Crippen LogP contribution in [-0.2, 0) is 11.3 Å². The number of nitrogens with zero attached hydrogens (tertiary/aromatic N) is 1. The molecule has 0 bridgehead atoms. The largest absolute Gasteiger partial charge is 0.352 e. The molecule has 2 aromatic carbocycles. The Balaban J connectivity index is 1.46.